The van der Waals surface area contributed by atoms with E-state index in [0.717, 1.165) is 0 Å². The summed E-state index contributed by atoms with van der Waals surface area (Å²) in [5.74, 6) is -1.06. The SMILES string of the molecule is CN(C)C(=O)[C@H]1CN(C(=O)c2cccc(F)c2)[C@@H]2CCO[C@H]12. The summed E-state index contributed by atoms with van der Waals surface area (Å²) in [4.78, 5) is 28.1. The molecule has 2 heterocycles. The predicted octanol–water partition coefficient (Wildman–Crippen LogP) is 1.14. The molecular formula is C16H19FN2O3. The lowest BCUT2D eigenvalue weighted by molar-refractivity contribution is -0.135. The maximum absolute atomic E-state index is 13.3. The monoisotopic (exact) mass is 306 g/mol. The lowest BCUT2D eigenvalue weighted by Gasteiger charge is -2.22. The normalized spacial score (nSPS) is 26.9. The van der Waals surface area contributed by atoms with Crippen LogP contribution in [0.2, 0.25) is 0 Å². The Labute approximate surface area is 128 Å². The number of carbonyl (C=O) groups excluding carboxylic acids is 2. The lowest BCUT2D eigenvalue weighted by Crippen LogP contribution is -2.37. The molecule has 22 heavy (non-hydrogen) atoms. The van der Waals surface area contributed by atoms with Gasteiger partial charge < -0.3 is 14.5 Å². The number of amides is 2. The molecule has 2 amide bonds. The molecule has 0 N–H and O–H groups in total. The maximum Gasteiger partial charge on any atom is 0.254 e. The van der Waals surface area contributed by atoms with Crippen LogP contribution in [0.5, 0.6) is 0 Å². The van der Waals surface area contributed by atoms with E-state index in [9.17, 15) is 14.0 Å². The van der Waals surface area contributed by atoms with Crippen molar-refractivity contribution in [1.29, 1.82) is 0 Å². The fraction of sp³-hybridized carbons (Fsp3) is 0.500. The molecule has 118 valence electrons. The van der Waals surface area contributed by atoms with E-state index in [1.165, 1.54) is 23.1 Å². The molecule has 0 bridgehead atoms. The minimum atomic E-state index is -0.440. The lowest BCUT2D eigenvalue weighted by atomic mass is 10.0. The van der Waals surface area contributed by atoms with E-state index in [1.54, 1.807) is 25.1 Å². The van der Waals surface area contributed by atoms with Gasteiger partial charge in [-0.3, -0.25) is 9.59 Å². The summed E-state index contributed by atoms with van der Waals surface area (Å²) in [6.45, 7) is 0.862. The first-order valence-electron chi connectivity index (χ1n) is 7.38. The molecule has 2 saturated heterocycles. The van der Waals surface area contributed by atoms with Crippen LogP contribution in [-0.2, 0) is 9.53 Å². The van der Waals surface area contributed by atoms with Gasteiger partial charge in [-0.05, 0) is 24.6 Å². The van der Waals surface area contributed by atoms with E-state index in [2.05, 4.69) is 0 Å². The summed E-state index contributed by atoms with van der Waals surface area (Å²) < 4.78 is 19.0. The Morgan fingerprint density at radius 2 is 2.14 bits per heavy atom. The molecule has 0 aliphatic carbocycles. The molecule has 1 aromatic carbocycles. The highest BCUT2D eigenvalue weighted by Gasteiger charge is 2.50. The number of carbonyl (C=O) groups is 2. The average Bonchev–Trinajstić information content (AvgIpc) is 3.07. The average molecular weight is 306 g/mol. The minimum absolute atomic E-state index is 0.0357. The van der Waals surface area contributed by atoms with Crippen LogP contribution >= 0.6 is 0 Å². The fourth-order valence-corrected chi connectivity index (χ4v) is 3.34. The Morgan fingerprint density at radius 1 is 1.36 bits per heavy atom. The third-order valence-corrected chi connectivity index (χ3v) is 4.38. The zero-order valence-electron chi connectivity index (χ0n) is 12.7. The molecule has 0 spiro atoms. The van der Waals surface area contributed by atoms with Gasteiger partial charge in [0.2, 0.25) is 5.91 Å². The highest BCUT2D eigenvalue weighted by atomic mass is 19.1. The molecular weight excluding hydrogens is 287 g/mol. The van der Waals surface area contributed by atoms with E-state index >= 15 is 0 Å². The van der Waals surface area contributed by atoms with Crippen molar-refractivity contribution < 1.29 is 18.7 Å². The molecule has 2 fully saturated rings. The number of halogens is 1. The van der Waals surface area contributed by atoms with Crippen LogP contribution in [0.3, 0.4) is 0 Å². The van der Waals surface area contributed by atoms with Crippen LogP contribution in [-0.4, -0.2) is 61.0 Å². The molecule has 0 saturated carbocycles. The van der Waals surface area contributed by atoms with Crippen LogP contribution in [0.25, 0.3) is 0 Å². The molecule has 3 rings (SSSR count). The summed E-state index contributed by atoms with van der Waals surface area (Å²) in [6.07, 6.45) is 0.454. The number of fused-ring (bicyclic) bond motifs is 1. The number of hydrogen-bond acceptors (Lipinski definition) is 3. The second-order valence-electron chi connectivity index (χ2n) is 6.00. The number of likely N-dealkylation sites (tertiary alicyclic amines) is 1. The third kappa shape index (κ3) is 2.47. The standard InChI is InChI=1S/C16H19FN2O3/c1-18(2)16(21)12-9-19(13-6-7-22-14(12)13)15(20)10-4-3-5-11(17)8-10/h3-5,8,12-14H,6-7,9H2,1-2H3/t12-,13+,14+/m0/s1. The zero-order chi connectivity index (χ0) is 15.9. The maximum atomic E-state index is 13.3. The van der Waals surface area contributed by atoms with Gasteiger partial charge in [0.1, 0.15) is 5.82 Å². The van der Waals surface area contributed by atoms with Gasteiger partial charge in [-0.1, -0.05) is 6.07 Å². The van der Waals surface area contributed by atoms with E-state index in [4.69, 9.17) is 4.74 Å². The molecule has 0 unspecified atom stereocenters. The highest BCUT2D eigenvalue weighted by Crippen LogP contribution is 2.35. The Balaban J connectivity index is 1.85. The van der Waals surface area contributed by atoms with Crippen molar-refractivity contribution >= 4 is 11.8 Å². The van der Waals surface area contributed by atoms with Crippen molar-refractivity contribution in [3.8, 4) is 0 Å². The molecule has 6 heteroatoms. The molecule has 0 aromatic heterocycles. The third-order valence-electron chi connectivity index (χ3n) is 4.38. The smallest absolute Gasteiger partial charge is 0.254 e. The number of nitrogens with zero attached hydrogens (tertiary/aromatic N) is 2. The summed E-state index contributed by atoms with van der Waals surface area (Å²) in [6, 6.07) is 5.54. The number of hydrogen-bond donors (Lipinski definition) is 0. The second kappa shape index (κ2) is 5.68. The first-order chi connectivity index (χ1) is 10.5. The van der Waals surface area contributed by atoms with Gasteiger partial charge in [-0.15, -0.1) is 0 Å². The van der Waals surface area contributed by atoms with Gasteiger partial charge in [0.25, 0.3) is 5.91 Å². The summed E-state index contributed by atoms with van der Waals surface area (Å²) in [7, 11) is 3.40. The number of rotatable bonds is 2. The van der Waals surface area contributed by atoms with E-state index < -0.39 is 5.82 Å². The Morgan fingerprint density at radius 3 is 2.82 bits per heavy atom. The number of ether oxygens (including phenoxy) is 1. The quantitative estimate of drug-likeness (QED) is 0.823. The molecule has 0 radical (unpaired) electrons. The van der Waals surface area contributed by atoms with Crippen molar-refractivity contribution in [1.82, 2.24) is 9.80 Å². The predicted molar refractivity (Wildman–Crippen MR) is 77.8 cm³/mol. The summed E-state index contributed by atoms with van der Waals surface area (Å²) in [5.41, 5.74) is 0.309. The first-order valence-corrected chi connectivity index (χ1v) is 7.38. The summed E-state index contributed by atoms with van der Waals surface area (Å²) in [5, 5.41) is 0. The van der Waals surface area contributed by atoms with Gasteiger partial charge in [0, 0.05) is 32.8 Å². The van der Waals surface area contributed by atoms with Gasteiger partial charge >= 0.3 is 0 Å². The van der Waals surface area contributed by atoms with Crippen LogP contribution in [0, 0.1) is 11.7 Å². The van der Waals surface area contributed by atoms with E-state index in [1.807, 2.05) is 0 Å². The molecule has 2 aliphatic heterocycles. The van der Waals surface area contributed by atoms with Crippen molar-refractivity contribution in [2.45, 2.75) is 18.6 Å². The van der Waals surface area contributed by atoms with Crippen molar-refractivity contribution in [3.63, 3.8) is 0 Å². The van der Waals surface area contributed by atoms with Crippen LogP contribution < -0.4 is 0 Å². The molecule has 3 atom stereocenters. The summed E-state index contributed by atoms with van der Waals surface area (Å²) >= 11 is 0. The van der Waals surface area contributed by atoms with E-state index in [0.29, 0.717) is 25.1 Å². The van der Waals surface area contributed by atoms with Crippen molar-refractivity contribution in [3.05, 3.63) is 35.6 Å². The van der Waals surface area contributed by atoms with E-state index in [-0.39, 0.29) is 29.9 Å². The number of benzene rings is 1. The van der Waals surface area contributed by atoms with Gasteiger partial charge in [0.05, 0.1) is 18.1 Å². The Bertz CT molecular complexity index is 605. The van der Waals surface area contributed by atoms with Crippen molar-refractivity contribution in [2.24, 2.45) is 5.92 Å². The first kappa shape index (κ1) is 15.0. The van der Waals surface area contributed by atoms with Gasteiger partial charge in [-0.25, -0.2) is 4.39 Å². The molecule has 1 aromatic rings. The molecule has 2 aliphatic rings. The van der Waals surface area contributed by atoms with Crippen LogP contribution in [0.15, 0.2) is 24.3 Å². The topological polar surface area (TPSA) is 49.9 Å². The van der Waals surface area contributed by atoms with Crippen LogP contribution in [0.1, 0.15) is 16.8 Å². The minimum Gasteiger partial charge on any atom is -0.375 e. The zero-order valence-corrected chi connectivity index (χ0v) is 12.7. The fourth-order valence-electron chi connectivity index (χ4n) is 3.34. The molecule has 5 nitrogen and oxygen atoms in total. The van der Waals surface area contributed by atoms with Gasteiger partial charge in [0.15, 0.2) is 0 Å². The highest BCUT2D eigenvalue weighted by molar-refractivity contribution is 5.95. The largest absolute Gasteiger partial charge is 0.375 e. The Kier molecular flexibility index (Phi) is 3.87. The van der Waals surface area contributed by atoms with Crippen molar-refractivity contribution in [2.75, 3.05) is 27.2 Å². The Hall–Kier alpha value is -1.95. The van der Waals surface area contributed by atoms with Crippen LogP contribution in [0.4, 0.5) is 4.39 Å². The van der Waals surface area contributed by atoms with Gasteiger partial charge in [-0.2, -0.15) is 0 Å². The second-order valence-corrected chi connectivity index (χ2v) is 6.00.